The third kappa shape index (κ3) is 2.56. The highest BCUT2D eigenvalue weighted by atomic mass is 19.1. The van der Waals surface area contributed by atoms with E-state index in [2.05, 4.69) is 15.4 Å². The zero-order chi connectivity index (χ0) is 14.8. The summed E-state index contributed by atoms with van der Waals surface area (Å²) in [5.74, 6) is 0.175. The molecule has 1 saturated heterocycles. The Morgan fingerprint density at radius 1 is 1.52 bits per heavy atom. The molecule has 21 heavy (non-hydrogen) atoms. The molecule has 0 saturated carbocycles. The first-order valence-electron chi connectivity index (χ1n) is 6.64. The van der Waals surface area contributed by atoms with Gasteiger partial charge in [0.2, 0.25) is 0 Å². The summed E-state index contributed by atoms with van der Waals surface area (Å²) in [5, 5.41) is 6.79. The van der Waals surface area contributed by atoms with Crippen LogP contribution in [-0.2, 0) is 4.79 Å². The first-order valence-corrected chi connectivity index (χ1v) is 6.64. The molecule has 1 fully saturated rings. The zero-order valence-corrected chi connectivity index (χ0v) is 11.2. The van der Waals surface area contributed by atoms with Crippen molar-refractivity contribution in [2.75, 3.05) is 24.5 Å². The average Bonchev–Trinajstić information content (AvgIpc) is 3.10. The van der Waals surface area contributed by atoms with Gasteiger partial charge in [-0.3, -0.25) is 4.79 Å². The SMILES string of the molecule is O=CCNC(=O)c1cnc2ccc(N3CCC(F)C3)nn12. The van der Waals surface area contributed by atoms with Crippen LogP contribution in [0, 0.1) is 0 Å². The van der Waals surface area contributed by atoms with Crippen LogP contribution in [0.4, 0.5) is 10.2 Å². The van der Waals surface area contributed by atoms with Crippen LogP contribution in [-0.4, -0.2) is 52.6 Å². The predicted octanol–water partition coefficient (Wildman–Crippen LogP) is 0.206. The number of fused-ring (bicyclic) bond motifs is 1. The Kier molecular flexibility index (Phi) is 3.51. The zero-order valence-electron chi connectivity index (χ0n) is 11.2. The number of imidazole rings is 1. The molecule has 0 bridgehead atoms. The van der Waals surface area contributed by atoms with E-state index in [0.29, 0.717) is 37.3 Å². The van der Waals surface area contributed by atoms with E-state index in [1.165, 1.54) is 10.7 Å². The molecule has 0 spiro atoms. The number of rotatable bonds is 4. The number of nitrogens with zero attached hydrogens (tertiary/aromatic N) is 4. The highest BCUT2D eigenvalue weighted by Gasteiger charge is 2.23. The number of carbonyl (C=O) groups is 2. The lowest BCUT2D eigenvalue weighted by atomic mass is 10.3. The normalized spacial score (nSPS) is 18.1. The largest absolute Gasteiger partial charge is 0.352 e. The van der Waals surface area contributed by atoms with E-state index in [4.69, 9.17) is 0 Å². The topological polar surface area (TPSA) is 79.6 Å². The van der Waals surface area contributed by atoms with E-state index in [-0.39, 0.29) is 12.2 Å². The molecule has 3 heterocycles. The maximum absolute atomic E-state index is 13.3. The van der Waals surface area contributed by atoms with Gasteiger partial charge < -0.3 is 15.0 Å². The fourth-order valence-electron chi connectivity index (χ4n) is 2.34. The Morgan fingerprint density at radius 2 is 2.38 bits per heavy atom. The molecule has 0 aromatic carbocycles. The molecule has 1 N–H and O–H groups in total. The third-order valence-corrected chi connectivity index (χ3v) is 3.38. The number of carbonyl (C=O) groups excluding carboxylic acids is 2. The van der Waals surface area contributed by atoms with E-state index in [0.717, 1.165) is 0 Å². The fourth-order valence-corrected chi connectivity index (χ4v) is 2.34. The van der Waals surface area contributed by atoms with Crippen molar-refractivity contribution in [1.29, 1.82) is 0 Å². The Hall–Kier alpha value is -2.51. The molecule has 2 aromatic rings. The van der Waals surface area contributed by atoms with Gasteiger partial charge in [0.15, 0.2) is 11.3 Å². The molecular formula is C13H14FN5O2. The number of anilines is 1. The van der Waals surface area contributed by atoms with E-state index in [1.807, 2.05) is 4.90 Å². The molecule has 2 aromatic heterocycles. The molecule has 1 unspecified atom stereocenters. The molecule has 1 amide bonds. The van der Waals surface area contributed by atoms with Crippen LogP contribution in [0.2, 0.25) is 0 Å². The van der Waals surface area contributed by atoms with Gasteiger partial charge in [-0.2, -0.15) is 0 Å². The Labute approximate surface area is 119 Å². The molecule has 0 aliphatic carbocycles. The summed E-state index contributed by atoms with van der Waals surface area (Å²) < 4.78 is 14.7. The quantitative estimate of drug-likeness (QED) is 0.814. The number of amides is 1. The summed E-state index contributed by atoms with van der Waals surface area (Å²) >= 11 is 0. The van der Waals surface area contributed by atoms with E-state index in [1.54, 1.807) is 12.1 Å². The monoisotopic (exact) mass is 291 g/mol. The van der Waals surface area contributed by atoms with E-state index >= 15 is 0 Å². The molecule has 1 atom stereocenters. The van der Waals surface area contributed by atoms with Crippen LogP contribution in [0.15, 0.2) is 18.3 Å². The van der Waals surface area contributed by atoms with E-state index < -0.39 is 12.1 Å². The van der Waals surface area contributed by atoms with Crippen molar-refractivity contribution < 1.29 is 14.0 Å². The van der Waals surface area contributed by atoms with Gasteiger partial charge in [0.25, 0.3) is 5.91 Å². The third-order valence-electron chi connectivity index (χ3n) is 3.38. The first kappa shape index (κ1) is 13.5. The summed E-state index contributed by atoms with van der Waals surface area (Å²) in [7, 11) is 0. The van der Waals surface area contributed by atoms with Crippen LogP contribution in [0.5, 0.6) is 0 Å². The highest BCUT2D eigenvalue weighted by Crippen LogP contribution is 2.20. The summed E-state index contributed by atoms with van der Waals surface area (Å²) in [5.41, 5.74) is 0.760. The van der Waals surface area contributed by atoms with Crippen LogP contribution < -0.4 is 10.2 Å². The number of aldehydes is 1. The van der Waals surface area contributed by atoms with Gasteiger partial charge in [-0.15, -0.1) is 5.10 Å². The summed E-state index contributed by atoms with van der Waals surface area (Å²) in [4.78, 5) is 28.1. The van der Waals surface area contributed by atoms with Gasteiger partial charge in [0, 0.05) is 6.54 Å². The first-order chi connectivity index (χ1) is 10.2. The second kappa shape index (κ2) is 5.47. The minimum absolute atomic E-state index is 0.0680. The van der Waals surface area contributed by atoms with Crippen molar-refractivity contribution in [3.63, 3.8) is 0 Å². The molecular weight excluding hydrogens is 277 g/mol. The van der Waals surface area contributed by atoms with Gasteiger partial charge >= 0.3 is 0 Å². The minimum Gasteiger partial charge on any atom is -0.352 e. The predicted molar refractivity (Wildman–Crippen MR) is 73.1 cm³/mol. The van der Waals surface area contributed by atoms with Gasteiger partial charge in [0.1, 0.15) is 18.3 Å². The average molecular weight is 291 g/mol. The van der Waals surface area contributed by atoms with Gasteiger partial charge in [-0.1, -0.05) is 0 Å². The fraction of sp³-hybridized carbons (Fsp3) is 0.385. The van der Waals surface area contributed by atoms with Gasteiger partial charge in [-0.05, 0) is 18.6 Å². The number of alkyl halides is 1. The molecule has 7 nitrogen and oxygen atoms in total. The second-order valence-corrected chi connectivity index (χ2v) is 4.81. The maximum Gasteiger partial charge on any atom is 0.271 e. The summed E-state index contributed by atoms with van der Waals surface area (Å²) in [6.07, 6.45) is 1.64. The number of hydrogen-bond acceptors (Lipinski definition) is 5. The molecule has 1 aliphatic rings. The number of aromatic nitrogens is 3. The number of nitrogens with one attached hydrogen (secondary N) is 1. The number of halogens is 1. The van der Waals surface area contributed by atoms with Gasteiger partial charge in [-0.25, -0.2) is 13.9 Å². The van der Waals surface area contributed by atoms with Crippen molar-refractivity contribution in [3.8, 4) is 0 Å². The van der Waals surface area contributed by atoms with Crippen molar-refractivity contribution in [2.24, 2.45) is 0 Å². The Morgan fingerprint density at radius 3 is 3.10 bits per heavy atom. The second-order valence-electron chi connectivity index (χ2n) is 4.81. The standard InChI is InChI=1S/C13H14FN5O2/c14-9-3-5-18(8-9)12-2-1-11-16-7-10(19(11)17-12)13(21)15-4-6-20/h1-2,6-7,9H,3-5,8H2,(H,15,21). The number of hydrogen-bond donors (Lipinski definition) is 1. The van der Waals surface area contributed by atoms with Crippen molar-refractivity contribution >= 4 is 23.7 Å². The maximum atomic E-state index is 13.3. The molecule has 8 heteroatoms. The van der Waals surface area contributed by atoms with Crippen LogP contribution in [0.3, 0.4) is 0 Å². The lowest BCUT2D eigenvalue weighted by Gasteiger charge is -2.16. The van der Waals surface area contributed by atoms with Crippen molar-refractivity contribution in [3.05, 3.63) is 24.0 Å². The van der Waals surface area contributed by atoms with Crippen molar-refractivity contribution in [1.82, 2.24) is 19.9 Å². The summed E-state index contributed by atoms with van der Waals surface area (Å²) in [6.45, 7) is 0.836. The highest BCUT2D eigenvalue weighted by molar-refractivity contribution is 5.94. The van der Waals surface area contributed by atoms with Gasteiger partial charge in [0.05, 0.1) is 19.3 Å². The Bertz CT molecular complexity index is 686. The van der Waals surface area contributed by atoms with Crippen LogP contribution >= 0.6 is 0 Å². The molecule has 3 rings (SSSR count). The lowest BCUT2D eigenvalue weighted by Crippen LogP contribution is -2.27. The smallest absolute Gasteiger partial charge is 0.271 e. The van der Waals surface area contributed by atoms with Crippen LogP contribution in [0.25, 0.3) is 5.65 Å². The molecule has 110 valence electrons. The lowest BCUT2D eigenvalue weighted by molar-refractivity contribution is -0.107. The minimum atomic E-state index is -0.847. The van der Waals surface area contributed by atoms with Crippen LogP contribution in [0.1, 0.15) is 16.9 Å². The summed E-state index contributed by atoms with van der Waals surface area (Å²) in [6, 6.07) is 3.48. The molecule has 0 radical (unpaired) electrons. The Balaban J connectivity index is 1.92. The molecule has 1 aliphatic heterocycles. The van der Waals surface area contributed by atoms with Crippen molar-refractivity contribution in [2.45, 2.75) is 12.6 Å². The van der Waals surface area contributed by atoms with E-state index in [9.17, 15) is 14.0 Å².